The minimum atomic E-state index is -0.263. The van der Waals surface area contributed by atoms with Crippen LogP contribution in [0.4, 0.5) is 4.39 Å². The molecule has 0 aliphatic rings. The first-order chi connectivity index (χ1) is 10.2. The summed E-state index contributed by atoms with van der Waals surface area (Å²) in [6.45, 7) is 5.04. The van der Waals surface area contributed by atoms with Crippen molar-refractivity contribution in [2.75, 3.05) is 0 Å². The normalized spacial score (nSPS) is 12.2. The van der Waals surface area contributed by atoms with E-state index in [9.17, 15) is 4.39 Å². The molecule has 0 bridgehead atoms. The quantitative estimate of drug-likeness (QED) is 0.856. The highest BCUT2D eigenvalue weighted by molar-refractivity contribution is 5.36. The third-order valence-electron chi connectivity index (χ3n) is 3.83. The van der Waals surface area contributed by atoms with Crippen molar-refractivity contribution in [3.63, 3.8) is 0 Å². The molecule has 0 amide bonds. The Balaban J connectivity index is 2.19. The maximum Gasteiger partial charge on any atom is 0.123 e. The van der Waals surface area contributed by atoms with E-state index >= 15 is 0 Å². The molecule has 2 aromatic carbocycles. The Kier molecular flexibility index (Phi) is 5.34. The van der Waals surface area contributed by atoms with Crippen LogP contribution in [0.3, 0.4) is 0 Å². The van der Waals surface area contributed by atoms with Crippen molar-refractivity contribution in [3.05, 3.63) is 65.0 Å². The second kappa shape index (κ2) is 7.23. The van der Waals surface area contributed by atoms with Crippen molar-refractivity contribution < 1.29 is 9.13 Å². The zero-order valence-corrected chi connectivity index (χ0v) is 12.6. The second-order valence-corrected chi connectivity index (χ2v) is 5.25. The van der Waals surface area contributed by atoms with Crippen LogP contribution in [-0.4, -0.2) is 0 Å². The zero-order chi connectivity index (χ0) is 15.2. The van der Waals surface area contributed by atoms with Gasteiger partial charge in [0.25, 0.3) is 0 Å². The number of rotatable bonds is 6. The first-order valence-corrected chi connectivity index (χ1v) is 7.34. The third-order valence-corrected chi connectivity index (χ3v) is 3.83. The molecule has 0 saturated carbocycles. The fraction of sp³-hybridized carbons (Fsp3) is 0.333. The van der Waals surface area contributed by atoms with Gasteiger partial charge in [0.15, 0.2) is 0 Å². The Hall–Kier alpha value is -1.87. The SMILES string of the molecule is CCC(C)c1ccccc1OCc1cc(F)ccc1CN. The standard InChI is InChI=1S/C18H22FNO/c1-3-13(2)17-6-4-5-7-18(17)21-12-15-10-16(19)9-8-14(15)11-20/h4-10,13H,3,11-12,20H2,1-2H3. The fourth-order valence-electron chi connectivity index (χ4n) is 2.32. The van der Waals surface area contributed by atoms with E-state index in [4.69, 9.17) is 10.5 Å². The van der Waals surface area contributed by atoms with E-state index in [1.54, 1.807) is 6.07 Å². The van der Waals surface area contributed by atoms with Crippen LogP contribution < -0.4 is 10.5 Å². The topological polar surface area (TPSA) is 35.2 Å². The highest BCUT2D eigenvalue weighted by Gasteiger charge is 2.10. The monoisotopic (exact) mass is 287 g/mol. The summed E-state index contributed by atoms with van der Waals surface area (Å²) in [7, 11) is 0. The molecule has 0 radical (unpaired) electrons. The number of para-hydroxylation sites is 1. The molecule has 112 valence electrons. The van der Waals surface area contributed by atoms with Crippen molar-refractivity contribution in [3.8, 4) is 5.75 Å². The van der Waals surface area contributed by atoms with Crippen molar-refractivity contribution in [1.29, 1.82) is 0 Å². The van der Waals surface area contributed by atoms with Crippen LogP contribution >= 0.6 is 0 Å². The third kappa shape index (κ3) is 3.82. The van der Waals surface area contributed by atoms with Crippen molar-refractivity contribution in [1.82, 2.24) is 0 Å². The number of benzene rings is 2. The molecule has 2 rings (SSSR count). The van der Waals surface area contributed by atoms with Gasteiger partial charge in [-0.3, -0.25) is 0 Å². The molecule has 0 heterocycles. The Morgan fingerprint density at radius 2 is 1.90 bits per heavy atom. The molecule has 1 unspecified atom stereocenters. The Bertz CT molecular complexity index is 598. The van der Waals surface area contributed by atoms with Crippen molar-refractivity contribution >= 4 is 0 Å². The summed E-state index contributed by atoms with van der Waals surface area (Å²) in [6.07, 6.45) is 1.05. The Morgan fingerprint density at radius 1 is 1.14 bits per heavy atom. The molecular formula is C18H22FNO. The van der Waals surface area contributed by atoms with E-state index in [2.05, 4.69) is 19.9 Å². The highest BCUT2D eigenvalue weighted by Crippen LogP contribution is 2.29. The van der Waals surface area contributed by atoms with Gasteiger partial charge in [0.2, 0.25) is 0 Å². The minimum Gasteiger partial charge on any atom is -0.489 e. The second-order valence-electron chi connectivity index (χ2n) is 5.25. The molecule has 0 spiro atoms. The largest absolute Gasteiger partial charge is 0.489 e. The molecule has 0 aromatic heterocycles. The van der Waals surface area contributed by atoms with Gasteiger partial charge in [-0.15, -0.1) is 0 Å². The maximum atomic E-state index is 13.4. The maximum absolute atomic E-state index is 13.4. The summed E-state index contributed by atoms with van der Waals surface area (Å²) in [5.41, 5.74) is 8.59. The minimum absolute atomic E-state index is 0.263. The van der Waals surface area contributed by atoms with Crippen LogP contribution in [0.5, 0.6) is 5.75 Å². The smallest absolute Gasteiger partial charge is 0.123 e. The van der Waals surface area contributed by atoms with Crippen LogP contribution in [0, 0.1) is 5.82 Å². The lowest BCUT2D eigenvalue weighted by molar-refractivity contribution is 0.299. The summed E-state index contributed by atoms with van der Waals surface area (Å²) in [4.78, 5) is 0. The van der Waals surface area contributed by atoms with Gasteiger partial charge < -0.3 is 10.5 Å². The molecule has 21 heavy (non-hydrogen) atoms. The van der Waals surface area contributed by atoms with Crippen LogP contribution in [0.2, 0.25) is 0 Å². The van der Waals surface area contributed by atoms with Gasteiger partial charge in [-0.1, -0.05) is 38.1 Å². The number of hydrogen-bond donors (Lipinski definition) is 1. The summed E-state index contributed by atoms with van der Waals surface area (Å²) in [6, 6.07) is 12.7. The fourth-order valence-corrected chi connectivity index (χ4v) is 2.32. The van der Waals surface area contributed by atoms with Gasteiger partial charge in [0.05, 0.1) is 0 Å². The summed E-state index contributed by atoms with van der Waals surface area (Å²) in [5.74, 6) is 1.03. The number of hydrogen-bond acceptors (Lipinski definition) is 2. The number of nitrogens with two attached hydrogens (primary N) is 1. The van der Waals surface area contributed by atoms with E-state index in [-0.39, 0.29) is 5.82 Å². The number of halogens is 1. The Labute approximate surface area is 125 Å². The van der Waals surface area contributed by atoms with E-state index in [1.807, 2.05) is 18.2 Å². The molecule has 2 nitrogen and oxygen atoms in total. The summed E-state index contributed by atoms with van der Waals surface area (Å²) in [5, 5.41) is 0. The van der Waals surface area contributed by atoms with E-state index in [0.717, 1.165) is 23.3 Å². The average Bonchev–Trinajstić information content (AvgIpc) is 2.52. The molecule has 3 heteroatoms. The lowest BCUT2D eigenvalue weighted by Crippen LogP contribution is -2.06. The van der Waals surface area contributed by atoms with E-state index in [1.165, 1.54) is 17.7 Å². The number of ether oxygens (including phenoxy) is 1. The van der Waals surface area contributed by atoms with Gasteiger partial charge in [-0.2, -0.15) is 0 Å². The van der Waals surface area contributed by atoms with Gasteiger partial charge in [0, 0.05) is 6.54 Å². The Morgan fingerprint density at radius 3 is 2.62 bits per heavy atom. The van der Waals surface area contributed by atoms with Crippen molar-refractivity contribution in [2.24, 2.45) is 5.73 Å². The van der Waals surface area contributed by atoms with Crippen LogP contribution in [-0.2, 0) is 13.2 Å². The molecule has 0 fully saturated rings. The van der Waals surface area contributed by atoms with E-state index in [0.29, 0.717) is 19.1 Å². The van der Waals surface area contributed by atoms with E-state index < -0.39 is 0 Å². The lowest BCUT2D eigenvalue weighted by atomic mass is 9.98. The summed E-state index contributed by atoms with van der Waals surface area (Å²) >= 11 is 0. The van der Waals surface area contributed by atoms with Crippen LogP contribution in [0.1, 0.15) is 42.9 Å². The van der Waals surface area contributed by atoms with Gasteiger partial charge in [-0.05, 0) is 47.2 Å². The van der Waals surface area contributed by atoms with Gasteiger partial charge in [-0.25, -0.2) is 4.39 Å². The molecule has 0 saturated heterocycles. The average molecular weight is 287 g/mol. The van der Waals surface area contributed by atoms with Crippen LogP contribution in [0.25, 0.3) is 0 Å². The molecule has 2 aromatic rings. The van der Waals surface area contributed by atoms with Crippen LogP contribution in [0.15, 0.2) is 42.5 Å². The first-order valence-electron chi connectivity index (χ1n) is 7.34. The molecular weight excluding hydrogens is 265 g/mol. The predicted molar refractivity (Wildman–Crippen MR) is 83.8 cm³/mol. The molecule has 0 aliphatic heterocycles. The van der Waals surface area contributed by atoms with Gasteiger partial charge >= 0.3 is 0 Å². The van der Waals surface area contributed by atoms with Gasteiger partial charge in [0.1, 0.15) is 18.2 Å². The zero-order valence-electron chi connectivity index (χ0n) is 12.6. The lowest BCUT2D eigenvalue weighted by Gasteiger charge is -2.16. The predicted octanol–water partition coefficient (Wildman–Crippen LogP) is 4.38. The van der Waals surface area contributed by atoms with Crippen molar-refractivity contribution in [2.45, 2.75) is 39.3 Å². The molecule has 0 aliphatic carbocycles. The summed E-state index contributed by atoms with van der Waals surface area (Å²) < 4.78 is 19.3. The molecule has 1 atom stereocenters. The highest BCUT2D eigenvalue weighted by atomic mass is 19.1. The first kappa shape index (κ1) is 15.5. The molecule has 2 N–H and O–H groups in total.